The average molecular weight is 262 g/mol. The molecule has 1 atom stereocenters. The first-order chi connectivity index (χ1) is 9.21. The van der Waals surface area contributed by atoms with Crippen LogP contribution in [0.4, 0.5) is 5.82 Å². The maximum atomic E-state index is 9.36. The van der Waals surface area contributed by atoms with E-state index in [9.17, 15) is 5.26 Å². The molecule has 0 aromatic carbocycles. The van der Waals surface area contributed by atoms with E-state index in [0.717, 1.165) is 30.5 Å². The van der Waals surface area contributed by atoms with Crippen molar-refractivity contribution in [1.82, 2.24) is 10.2 Å². The van der Waals surface area contributed by atoms with Crippen LogP contribution in [0.15, 0.2) is 0 Å². The predicted octanol–water partition coefficient (Wildman–Crippen LogP) is 2.05. The van der Waals surface area contributed by atoms with Crippen molar-refractivity contribution in [2.75, 3.05) is 11.9 Å². The Bertz CT molecular complexity index is 453. The Morgan fingerprint density at radius 3 is 2.47 bits per heavy atom. The van der Waals surface area contributed by atoms with Gasteiger partial charge in [-0.1, -0.05) is 20.8 Å². The molecule has 1 rings (SSSR count). The van der Waals surface area contributed by atoms with E-state index < -0.39 is 0 Å². The predicted molar refractivity (Wildman–Crippen MR) is 74.9 cm³/mol. The minimum Gasteiger partial charge on any atom is -0.396 e. The molecule has 19 heavy (non-hydrogen) atoms. The number of nitrogens with zero attached hydrogens (tertiary/aromatic N) is 3. The third-order valence-corrected chi connectivity index (χ3v) is 3.27. The monoisotopic (exact) mass is 262 g/mol. The molecule has 1 unspecified atom stereocenters. The quantitative estimate of drug-likeness (QED) is 0.786. The summed E-state index contributed by atoms with van der Waals surface area (Å²) in [6.45, 7) is 6.19. The van der Waals surface area contributed by atoms with Crippen LogP contribution in [-0.2, 0) is 12.8 Å². The standard InChI is InChI=1S/C14H22N4O/c1-4-10(7-8-19)16-14-12(9-15)11(5-2)13(6-3)17-18-14/h10,19H,4-8H2,1-3H3,(H,16,18). The Morgan fingerprint density at radius 1 is 1.26 bits per heavy atom. The van der Waals surface area contributed by atoms with Crippen molar-refractivity contribution in [1.29, 1.82) is 5.26 Å². The van der Waals surface area contributed by atoms with Gasteiger partial charge in [-0.05, 0) is 31.2 Å². The summed E-state index contributed by atoms with van der Waals surface area (Å²) in [6, 6.07) is 2.35. The lowest BCUT2D eigenvalue weighted by molar-refractivity contribution is 0.278. The van der Waals surface area contributed by atoms with Gasteiger partial charge < -0.3 is 10.4 Å². The topological polar surface area (TPSA) is 81.8 Å². The molecule has 1 heterocycles. The van der Waals surface area contributed by atoms with Gasteiger partial charge in [0.05, 0.1) is 5.69 Å². The Hall–Kier alpha value is -1.67. The van der Waals surface area contributed by atoms with E-state index in [1.165, 1.54) is 0 Å². The van der Waals surface area contributed by atoms with Gasteiger partial charge in [0.2, 0.25) is 0 Å². The number of nitrogens with one attached hydrogen (secondary N) is 1. The summed E-state index contributed by atoms with van der Waals surface area (Å²) in [4.78, 5) is 0. The normalized spacial score (nSPS) is 11.9. The van der Waals surface area contributed by atoms with Gasteiger partial charge in [-0.2, -0.15) is 10.4 Å². The van der Waals surface area contributed by atoms with Gasteiger partial charge in [0.1, 0.15) is 11.6 Å². The Labute approximate surface area is 114 Å². The Balaban J connectivity index is 3.11. The van der Waals surface area contributed by atoms with Gasteiger partial charge in [0.15, 0.2) is 5.82 Å². The summed E-state index contributed by atoms with van der Waals surface area (Å²) >= 11 is 0. The molecule has 1 aromatic heterocycles. The van der Waals surface area contributed by atoms with E-state index in [4.69, 9.17) is 5.11 Å². The van der Waals surface area contributed by atoms with Crippen LogP contribution < -0.4 is 5.32 Å². The third-order valence-electron chi connectivity index (χ3n) is 3.27. The van der Waals surface area contributed by atoms with Crippen LogP contribution in [0.3, 0.4) is 0 Å². The summed E-state index contributed by atoms with van der Waals surface area (Å²) in [5, 5.41) is 29.9. The van der Waals surface area contributed by atoms with Crippen molar-refractivity contribution in [2.24, 2.45) is 0 Å². The number of hydrogen-bond donors (Lipinski definition) is 2. The number of aromatic nitrogens is 2. The molecule has 0 radical (unpaired) electrons. The van der Waals surface area contributed by atoms with E-state index in [2.05, 4.69) is 21.6 Å². The highest BCUT2D eigenvalue weighted by Crippen LogP contribution is 2.21. The first-order valence-electron chi connectivity index (χ1n) is 6.87. The number of aliphatic hydroxyl groups is 1. The van der Waals surface area contributed by atoms with Crippen molar-refractivity contribution < 1.29 is 5.11 Å². The van der Waals surface area contributed by atoms with Gasteiger partial charge in [-0.25, -0.2) is 0 Å². The largest absolute Gasteiger partial charge is 0.396 e. The fourth-order valence-electron chi connectivity index (χ4n) is 2.12. The van der Waals surface area contributed by atoms with Crippen LogP contribution in [0.1, 0.15) is 50.4 Å². The lowest BCUT2D eigenvalue weighted by Crippen LogP contribution is -2.22. The lowest BCUT2D eigenvalue weighted by Gasteiger charge is -2.18. The average Bonchev–Trinajstić information content (AvgIpc) is 2.45. The minimum atomic E-state index is 0.114. The van der Waals surface area contributed by atoms with Crippen LogP contribution in [0.5, 0.6) is 0 Å². The summed E-state index contributed by atoms with van der Waals surface area (Å²) < 4.78 is 0. The van der Waals surface area contributed by atoms with Crippen LogP contribution in [0, 0.1) is 11.3 Å². The van der Waals surface area contributed by atoms with Crippen LogP contribution in [-0.4, -0.2) is 28.0 Å². The second-order valence-electron chi connectivity index (χ2n) is 4.43. The number of hydrogen-bond acceptors (Lipinski definition) is 5. The molecule has 104 valence electrons. The highest BCUT2D eigenvalue weighted by Gasteiger charge is 2.16. The third kappa shape index (κ3) is 3.65. The summed E-state index contributed by atoms with van der Waals surface area (Å²) in [5.74, 6) is 0.539. The van der Waals surface area contributed by atoms with Crippen LogP contribution in [0.25, 0.3) is 0 Å². The van der Waals surface area contributed by atoms with E-state index in [0.29, 0.717) is 17.8 Å². The molecule has 0 aliphatic carbocycles. The molecule has 5 nitrogen and oxygen atoms in total. The molecule has 1 aromatic rings. The Morgan fingerprint density at radius 2 is 2.00 bits per heavy atom. The number of nitriles is 1. The molecule has 0 saturated carbocycles. The molecule has 0 spiro atoms. The fraction of sp³-hybridized carbons (Fsp3) is 0.643. The number of anilines is 1. The number of aryl methyl sites for hydroxylation is 1. The number of aliphatic hydroxyl groups excluding tert-OH is 1. The first kappa shape index (κ1) is 15.4. The fourth-order valence-corrected chi connectivity index (χ4v) is 2.12. The summed E-state index contributed by atoms with van der Waals surface area (Å²) in [7, 11) is 0. The second-order valence-corrected chi connectivity index (χ2v) is 4.43. The minimum absolute atomic E-state index is 0.114. The van der Waals surface area contributed by atoms with E-state index in [1.807, 2.05) is 20.8 Å². The van der Waals surface area contributed by atoms with Gasteiger partial charge in [0.25, 0.3) is 0 Å². The van der Waals surface area contributed by atoms with Crippen LogP contribution in [0.2, 0.25) is 0 Å². The zero-order valence-corrected chi connectivity index (χ0v) is 11.9. The molecule has 2 N–H and O–H groups in total. The van der Waals surface area contributed by atoms with Gasteiger partial charge in [-0.15, -0.1) is 5.10 Å². The van der Waals surface area contributed by atoms with Crippen molar-refractivity contribution >= 4 is 5.82 Å². The van der Waals surface area contributed by atoms with Gasteiger partial charge in [0, 0.05) is 12.6 Å². The Kier molecular flexibility index (Phi) is 6.23. The zero-order chi connectivity index (χ0) is 14.3. The maximum Gasteiger partial charge on any atom is 0.167 e. The molecular formula is C14H22N4O. The van der Waals surface area contributed by atoms with Gasteiger partial charge in [-0.3, -0.25) is 0 Å². The smallest absolute Gasteiger partial charge is 0.167 e. The summed E-state index contributed by atoms with van der Waals surface area (Å²) in [6.07, 6.45) is 3.05. The molecule has 0 saturated heterocycles. The van der Waals surface area contributed by atoms with E-state index >= 15 is 0 Å². The van der Waals surface area contributed by atoms with E-state index in [1.54, 1.807) is 0 Å². The summed E-state index contributed by atoms with van der Waals surface area (Å²) in [5.41, 5.74) is 2.45. The van der Waals surface area contributed by atoms with Crippen molar-refractivity contribution in [2.45, 2.75) is 52.5 Å². The first-order valence-corrected chi connectivity index (χ1v) is 6.87. The van der Waals surface area contributed by atoms with Crippen LogP contribution >= 0.6 is 0 Å². The molecule has 5 heteroatoms. The highest BCUT2D eigenvalue weighted by atomic mass is 16.3. The molecule has 0 amide bonds. The van der Waals surface area contributed by atoms with E-state index in [-0.39, 0.29) is 12.6 Å². The maximum absolute atomic E-state index is 9.36. The van der Waals surface area contributed by atoms with Gasteiger partial charge >= 0.3 is 0 Å². The second kappa shape index (κ2) is 7.70. The van der Waals surface area contributed by atoms with Crippen molar-refractivity contribution in [3.05, 3.63) is 16.8 Å². The zero-order valence-electron chi connectivity index (χ0n) is 11.9. The van der Waals surface area contributed by atoms with Crippen molar-refractivity contribution in [3.63, 3.8) is 0 Å². The lowest BCUT2D eigenvalue weighted by atomic mass is 10.0. The number of rotatable bonds is 7. The molecule has 0 bridgehead atoms. The molecule has 0 aliphatic rings. The SMILES string of the molecule is CCc1nnc(NC(CC)CCO)c(C#N)c1CC. The highest BCUT2D eigenvalue weighted by molar-refractivity contribution is 5.56. The molecular weight excluding hydrogens is 240 g/mol. The molecule has 0 aliphatic heterocycles. The molecule has 0 fully saturated rings. The van der Waals surface area contributed by atoms with Crippen molar-refractivity contribution in [3.8, 4) is 6.07 Å².